The van der Waals surface area contributed by atoms with Gasteiger partial charge in [-0.15, -0.1) is 0 Å². The molecule has 0 saturated heterocycles. The molecule has 0 aliphatic heterocycles. The van der Waals surface area contributed by atoms with Gasteiger partial charge < -0.3 is 19.7 Å². The Bertz CT molecular complexity index is 1070. The number of carbonyl (C=O) groups is 2. The summed E-state index contributed by atoms with van der Waals surface area (Å²) in [5, 5.41) is 2.90. The molecule has 178 valence electrons. The van der Waals surface area contributed by atoms with E-state index in [-0.39, 0.29) is 18.4 Å². The summed E-state index contributed by atoms with van der Waals surface area (Å²) >= 11 is 0. The van der Waals surface area contributed by atoms with Crippen molar-refractivity contribution in [1.29, 1.82) is 0 Å². The summed E-state index contributed by atoms with van der Waals surface area (Å²) in [6, 6.07) is 24.1. The summed E-state index contributed by atoms with van der Waals surface area (Å²) < 4.78 is 10.9. The van der Waals surface area contributed by atoms with Gasteiger partial charge in [-0.25, -0.2) is 0 Å². The summed E-state index contributed by atoms with van der Waals surface area (Å²) in [5.41, 5.74) is 3.04. The van der Waals surface area contributed by atoms with E-state index in [1.807, 2.05) is 68.4 Å². The van der Waals surface area contributed by atoms with Crippen molar-refractivity contribution in [2.45, 2.75) is 32.9 Å². The zero-order chi connectivity index (χ0) is 24.3. The van der Waals surface area contributed by atoms with Crippen LogP contribution in [0.4, 0.5) is 0 Å². The highest BCUT2D eigenvalue weighted by Crippen LogP contribution is 2.19. The maximum absolute atomic E-state index is 13.5. The minimum absolute atomic E-state index is 0.178. The lowest BCUT2D eigenvalue weighted by Gasteiger charge is -2.31. The third-order valence-corrected chi connectivity index (χ3v) is 5.48. The molecule has 6 heteroatoms. The molecule has 3 aromatic carbocycles. The van der Waals surface area contributed by atoms with E-state index in [9.17, 15) is 9.59 Å². The Labute approximate surface area is 201 Å². The number of rotatable bonds is 11. The van der Waals surface area contributed by atoms with Crippen LogP contribution in [0.15, 0.2) is 78.9 Å². The molecule has 0 bridgehead atoms. The first-order valence-electron chi connectivity index (χ1n) is 11.4. The van der Waals surface area contributed by atoms with Gasteiger partial charge in [0.25, 0.3) is 5.91 Å². The van der Waals surface area contributed by atoms with Crippen molar-refractivity contribution in [2.75, 3.05) is 20.3 Å². The minimum Gasteiger partial charge on any atom is -0.497 e. The average Bonchev–Trinajstić information content (AvgIpc) is 2.85. The van der Waals surface area contributed by atoms with Crippen molar-refractivity contribution in [3.63, 3.8) is 0 Å². The molecule has 34 heavy (non-hydrogen) atoms. The highest BCUT2D eigenvalue weighted by Gasteiger charge is 2.30. The molecule has 6 nitrogen and oxygen atoms in total. The number of ether oxygens (including phenoxy) is 2. The first kappa shape index (κ1) is 24.8. The Kier molecular flexibility index (Phi) is 9.09. The number of methoxy groups -OCH3 is 1. The molecule has 0 aromatic heterocycles. The van der Waals surface area contributed by atoms with E-state index in [0.717, 1.165) is 16.7 Å². The third kappa shape index (κ3) is 7.10. The Morgan fingerprint density at radius 3 is 2.24 bits per heavy atom. The largest absolute Gasteiger partial charge is 0.497 e. The van der Waals surface area contributed by atoms with Crippen LogP contribution in [0, 0.1) is 6.92 Å². The van der Waals surface area contributed by atoms with Gasteiger partial charge >= 0.3 is 0 Å². The van der Waals surface area contributed by atoms with E-state index >= 15 is 0 Å². The molecule has 1 N–H and O–H groups in total. The van der Waals surface area contributed by atoms with Crippen molar-refractivity contribution in [1.82, 2.24) is 10.2 Å². The van der Waals surface area contributed by atoms with Crippen LogP contribution in [-0.4, -0.2) is 43.0 Å². The van der Waals surface area contributed by atoms with Crippen LogP contribution in [-0.2, 0) is 22.6 Å². The summed E-state index contributed by atoms with van der Waals surface area (Å²) in [6.07, 6.45) is 0.409. The predicted octanol–water partition coefficient (Wildman–Crippen LogP) is 4.16. The van der Waals surface area contributed by atoms with Gasteiger partial charge in [0.1, 0.15) is 17.5 Å². The summed E-state index contributed by atoms with van der Waals surface area (Å²) in [7, 11) is 1.59. The number of hydrogen-bond acceptors (Lipinski definition) is 4. The first-order chi connectivity index (χ1) is 16.5. The third-order valence-electron chi connectivity index (χ3n) is 5.48. The van der Waals surface area contributed by atoms with E-state index in [2.05, 4.69) is 5.32 Å². The number of benzene rings is 3. The summed E-state index contributed by atoms with van der Waals surface area (Å²) in [5.74, 6) is 0.822. The molecule has 1 atom stereocenters. The summed E-state index contributed by atoms with van der Waals surface area (Å²) in [6.45, 7) is 4.49. The Hall–Kier alpha value is -3.80. The number of aryl methyl sites for hydroxylation is 1. The SMILES string of the molecule is CCNC(=O)C(Cc1ccccc1)N(Cc1cccc(C)c1)C(=O)COc1ccc(OC)cc1. The van der Waals surface area contributed by atoms with Gasteiger partial charge in [0.2, 0.25) is 5.91 Å². The van der Waals surface area contributed by atoms with Crippen molar-refractivity contribution in [2.24, 2.45) is 0 Å². The fraction of sp³-hybridized carbons (Fsp3) is 0.286. The van der Waals surface area contributed by atoms with Crippen molar-refractivity contribution in [3.05, 3.63) is 95.6 Å². The van der Waals surface area contributed by atoms with Crippen molar-refractivity contribution in [3.8, 4) is 11.5 Å². The Balaban J connectivity index is 1.86. The molecule has 0 saturated carbocycles. The Morgan fingerprint density at radius 1 is 0.912 bits per heavy atom. The van der Waals surface area contributed by atoms with Gasteiger partial charge in [0.05, 0.1) is 7.11 Å². The van der Waals surface area contributed by atoms with Crippen molar-refractivity contribution < 1.29 is 19.1 Å². The fourth-order valence-electron chi connectivity index (χ4n) is 3.75. The van der Waals surface area contributed by atoms with Crippen LogP contribution in [0.1, 0.15) is 23.6 Å². The molecular weight excluding hydrogens is 428 g/mol. The number of carbonyl (C=O) groups excluding carboxylic acids is 2. The fourth-order valence-corrected chi connectivity index (χ4v) is 3.75. The summed E-state index contributed by atoms with van der Waals surface area (Å²) in [4.78, 5) is 28.2. The van der Waals surface area contributed by atoms with E-state index in [1.54, 1.807) is 36.3 Å². The average molecular weight is 461 g/mol. The minimum atomic E-state index is -0.671. The van der Waals surface area contributed by atoms with E-state index in [4.69, 9.17) is 9.47 Å². The number of hydrogen-bond donors (Lipinski definition) is 1. The molecule has 0 heterocycles. The molecule has 0 aliphatic rings. The normalized spacial score (nSPS) is 11.4. The lowest BCUT2D eigenvalue weighted by Crippen LogP contribution is -2.51. The second kappa shape index (κ2) is 12.4. The van der Waals surface area contributed by atoms with Gasteiger partial charge in [-0.1, -0.05) is 60.2 Å². The number of nitrogens with one attached hydrogen (secondary N) is 1. The van der Waals surface area contributed by atoms with E-state index in [1.165, 1.54) is 0 Å². The van der Waals surface area contributed by atoms with Crippen molar-refractivity contribution >= 4 is 11.8 Å². The van der Waals surface area contributed by atoms with E-state index in [0.29, 0.717) is 31.0 Å². The number of nitrogens with zero attached hydrogens (tertiary/aromatic N) is 1. The van der Waals surface area contributed by atoms with Gasteiger partial charge in [0, 0.05) is 19.5 Å². The molecule has 2 amide bonds. The molecule has 0 spiro atoms. The molecule has 3 aromatic rings. The van der Waals surface area contributed by atoms with Gasteiger partial charge in [-0.05, 0) is 49.2 Å². The molecule has 0 fully saturated rings. The standard InChI is InChI=1S/C28H32N2O4/c1-4-29-28(32)26(18-22-10-6-5-7-11-22)30(19-23-12-8-9-21(2)17-23)27(31)20-34-25-15-13-24(33-3)14-16-25/h5-17,26H,4,18-20H2,1-3H3,(H,29,32). The maximum Gasteiger partial charge on any atom is 0.261 e. The van der Waals surface area contributed by atoms with Crippen LogP contribution in [0.3, 0.4) is 0 Å². The molecular formula is C28H32N2O4. The number of amides is 2. The second-order valence-electron chi connectivity index (χ2n) is 8.07. The first-order valence-corrected chi connectivity index (χ1v) is 11.4. The lowest BCUT2D eigenvalue weighted by molar-refractivity contribution is -0.142. The van der Waals surface area contributed by atoms with Crippen LogP contribution in [0.2, 0.25) is 0 Å². The maximum atomic E-state index is 13.5. The molecule has 0 aliphatic carbocycles. The van der Waals surface area contributed by atoms with Gasteiger partial charge in [-0.2, -0.15) is 0 Å². The highest BCUT2D eigenvalue weighted by atomic mass is 16.5. The zero-order valence-electron chi connectivity index (χ0n) is 20.0. The zero-order valence-corrected chi connectivity index (χ0v) is 20.0. The monoisotopic (exact) mass is 460 g/mol. The smallest absolute Gasteiger partial charge is 0.261 e. The van der Waals surface area contributed by atoms with Gasteiger partial charge in [0.15, 0.2) is 6.61 Å². The molecule has 3 rings (SSSR count). The van der Waals surface area contributed by atoms with Crippen LogP contribution in [0.25, 0.3) is 0 Å². The van der Waals surface area contributed by atoms with Crippen LogP contribution < -0.4 is 14.8 Å². The van der Waals surface area contributed by atoms with Crippen LogP contribution >= 0.6 is 0 Å². The Morgan fingerprint density at radius 2 is 1.59 bits per heavy atom. The second-order valence-corrected chi connectivity index (χ2v) is 8.07. The number of likely N-dealkylation sites (N-methyl/N-ethyl adjacent to an activating group) is 1. The topological polar surface area (TPSA) is 67.9 Å². The molecule has 1 unspecified atom stereocenters. The quantitative estimate of drug-likeness (QED) is 0.467. The highest BCUT2D eigenvalue weighted by molar-refractivity contribution is 5.88. The lowest BCUT2D eigenvalue weighted by atomic mass is 10.0. The molecule has 0 radical (unpaired) electrons. The van der Waals surface area contributed by atoms with E-state index < -0.39 is 6.04 Å². The van der Waals surface area contributed by atoms with Crippen LogP contribution in [0.5, 0.6) is 11.5 Å². The van der Waals surface area contributed by atoms with Gasteiger partial charge in [-0.3, -0.25) is 9.59 Å². The predicted molar refractivity (Wildman–Crippen MR) is 133 cm³/mol.